The number of amides is 1. The lowest BCUT2D eigenvalue weighted by molar-refractivity contribution is -0.384. The van der Waals surface area contributed by atoms with Crippen LogP contribution >= 0.6 is 11.6 Å². The molecule has 2 rings (SSSR count). The first-order valence-corrected chi connectivity index (χ1v) is 7.66. The summed E-state index contributed by atoms with van der Waals surface area (Å²) in [6, 6.07) is 6.64. The quantitative estimate of drug-likeness (QED) is 0.354. The van der Waals surface area contributed by atoms with Crippen LogP contribution in [0.15, 0.2) is 36.5 Å². The Labute approximate surface area is 153 Å². The number of carbonyl (C=O) groups excluding carboxylic acids is 2. The molecule has 1 amide bonds. The molecule has 0 fully saturated rings. The smallest absolute Gasteiger partial charge is 0.342 e. The number of non-ortho nitro benzene ring substituents is 1. The van der Waals surface area contributed by atoms with Crippen LogP contribution in [-0.4, -0.2) is 35.0 Å². The van der Waals surface area contributed by atoms with Crippen molar-refractivity contribution >= 4 is 34.9 Å². The van der Waals surface area contributed by atoms with E-state index in [4.69, 9.17) is 21.1 Å². The monoisotopic (exact) mass is 379 g/mol. The molecule has 1 heterocycles. The summed E-state index contributed by atoms with van der Waals surface area (Å²) in [7, 11) is 1.35. The highest BCUT2D eigenvalue weighted by molar-refractivity contribution is 6.32. The first-order valence-electron chi connectivity index (χ1n) is 7.28. The second kappa shape index (κ2) is 8.26. The zero-order chi connectivity index (χ0) is 19.3. The normalized spacial score (nSPS) is 11.3. The maximum Gasteiger partial charge on any atom is 0.342 e. The predicted molar refractivity (Wildman–Crippen MR) is 92.4 cm³/mol. The fourth-order valence-electron chi connectivity index (χ4n) is 1.96. The number of benzene rings is 1. The molecular weight excluding hydrogens is 366 g/mol. The third-order valence-electron chi connectivity index (χ3n) is 3.28. The number of nitro groups is 1. The van der Waals surface area contributed by atoms with Gasteiger partial charge in [0, 0.05) is 18.3 Å². The van der Waals surface area contributed by atoms with Gasteiger partial charge in [0.1, 0.15) is 10.9 Å². The second-order valence-corrected chi connectivity index (χ2v) is 5.38. The molecule has 9 nitrogen and oxygen atoms in total. The molecule has 0 unspecified atom stereocenters. The van der Waals surface area contributed by atoms with Crippen molar-refractivity contribution < 1.29 is 24.0 Å². The van der Waals surface area contributed by atoms with Crippen LogP contribution in [0, 0.1) is 10.1 Å². The first kappa shape index (κ1) is 19.1. The average molecular weight is 380 g/mol. The number of nitrogens with one attached hydrogen (secondary N) is 1. The minimum absolute atomic E-state index is 0.0155. The molecule has 1 aromatic heterocycles. The number of hydrogen-bond donors (Lipinski definition) is 1. The standard InChI is InChI=1S/C16H14ClN3O6/c1-9(26-16(22)11-4-3-7-18-14(11)17)15(21)19-12-8-10(20(23)24)5-6-13(12)25-2/h3-9H,1-2H3,(H,19,21)/t9-/m1/s1. The summed E-state index contributed by atoms with van der Waals surface area (Å²) in [5, 5.41) is 13.3. The number of aromatic nitrogens is 1. The molecule has 1 N–H and O–H groups in total. The zero-order valence-electron chi connectivity index (χ0n) is 13.8. The van der Waals surface area contributed by atoms with Gasteiger partial charge in [-0.1, -0.05) is 11.6 Å². The highest BCUT2D eigenvalue weighted by Crippen LogP contribution is 2.29. The van der Waals surface area contributed by atoms with Gasteiger partial charge < -0.3 is 14.8 Å². The maximum atomic E-state index is 12.3. The molecule has 2 aromatic rings. The van der Waals surface area contributed by atoms with Crippen LogP contribution in [0.5, 0.6) is 5.75 Å². The van der Waals surface area contributed by atoms with Gasteiger partial charge in [-0.05, 0) is 25.1 Å². The van der Waals surface area contributed by atoms with E-state index in [9.17, 15) is 19.7 Å². The summed E-state index contributed by atoms with van der Waals surface area (Å²) in [4.78, 5) is 38.3. The van der Waals surface area contributed by atoms with Gasteiger partial charge in [-0.2, -0.15) is 0 Å². The molecule has 0 aliphatic heterocycles. The van der Waals surface area contributed by atoms with Crippen molar-refractivity contribution in [2.45, 2.75) is 13.0 Å². The van der Waals surface area contributed by atoms with Gasteiger partial charge in [-0.3, -0.25) is 14.9 Å². The van der Waals surface area contributed by atoms with Crippen molar-refractivity contribution in [1.29, 1.82) is 0 Å². The number of anilines is 1. The number of carbonyl (C=O) groups is 2. The lowest BCUT2D eigenvalue weighted by atomic mass is 10.2. The average Bonchev–Trinajstić information content (AvgIpc) is 2.61. The van der Waals surface area contributed by atoms with Crippen LogP contribution in [-0.2, 0) is 9.53 Å². The highest BCUT2D eigenvalue weighted by atomic mass is 35.5. The van der Waals surface area contributed by atoms with E-state index in [1.165, 1.54) is 44.5 Å². The number of nitro benzene ring substituents is 1. The Morgan fingerprint density at radius 3 is 2.69 bits per heavy atom. The summed E-state index contributed by atoms with van der Waals surface area (Å²) < 4.78 is 10.1. The Morgan fingerprint density at radius 1 is 1.35 bits per heavy atom. The van der Waals surface area contributed by atoms with Crippen molar-refractivity contribution in [2.24, 2.45) is 0 Å². The van der Waals surface area contributed by atoms with Crippen LogP contribution in [0.25, 0.3) is 0 Å². The minimum atomic E-state index is -1.19. The summed E-state index contributed by atoms with van der Waals surface area (Å²) in [6.45, 7) is 1.35. The van der Waals surface area contributed by atoms with Crippen molar-refractivity contribution in [3.05, 3.63) is 57.4 Å². The number of pyridine rings is 1. The van der Waals surface area contributed by atoms with E-state index in [0.29, 0.717) is 0 Å². The molecule has 0 aliphatic rings. The molecule has 1 atom stereocenters. The molecule has 1 aromatic carbocycles. The van der Waals surface area contributed by atoms with Crippen molar-refractivity contribution in [2.75, 3.05) is 12.4 Å². The van der Waals surface area contributed by atoms with E-state index in [-0.39, 0.29) is 27.8 Å². The summed E-state index contributed by atoms with van der Waals surface area (Å²) >= 11 is 5.81. The first-order chi connectivity index (χ1) is 12.3. The molecule has 0 radical (unpaired) electrons. The van der Waals surface area contributed by atoms with E-state index in [0.717, 1.165) is 6.07 Å². The summed E-state index contributed by atoms with van der Waals surface area (Å²) in [5.74, 6) is -1.30. The van der Waals surface area contributed by atoms with E-state index in [1.807, 2.05) is 0 Å². The molecular formula is C16H14ClN3O6. The van der Waals surface area contributed by atoms with Crippen molar-refractivity contribution in [3.63, 3.8) is 0 Å². The number of nitrogens with zero attached hydrogens (tertiary/aromatic N) is 2. The number of rotatable bonds is 6. The highest BCUT2D eigenvalue weighted by Gasteiger charge is 2.22. The van der Waals surface area contributed by atoms with Gasteiger partial charge in [0.15, 0.2) is 6.10 Å². The van der Waals surface area contributed by atoms with Gasteiger partial charge in [0.25, 0.3) is 11.6 Å². The molecule has 136 valence electrons. The number of halogens is 1. The van der Waals surface area contributed by atoms with E-state index >= 15 is 0 Å². The van der Waals surface area contributed by atoms with Gasteiger partial charge in [0.2, 0.25) is 0 Å². The third-order valence-corrected chi connectivity index (χ3v) is 3.58. The van der Waals surface area contributed by atoms with Gasteiger partial charge in [0.05, 0.1) is 23.3 Å². The molecule has 0 aliphatic carbocycles. The van der Waals surface area contributed by atoms with Crippen LogP contribution in [0.2, 0.25) is 5.15 Å². The summed E-state index contributed by atoms with van der Waals surface area (Å²) in [6.07, 6.45) is 0.215. The largest absolute Gasteiger partial charge is 0.495 e. The summed E-state index contributed by atoms with van der Waals surface area (Å²) in [5.41, 5.74) is -0.136. The number of ether oxygens (including phenoxy) is 2. The Kier molecular flexibility index (Phi) is 6.07. The van der Waals surface area contributed by atoms with Gasteiger partial charge in [-0.25, -0.2) is 9.78 Å². The maximum absolute atomic E-state index is 12.3. The Hall–Kier alpha value is -3.20. The van der Waals surface area contributed by atoms with E-state index < -0.39 is 22.9 Å². The zero-order valence-corrected chi connectivity index (χ0v) is 14.5. The molecule has 26 heavy (non-hydrogen) atoms. The van der Waals surface area contributed by atoms with Crippen LogP contribution < -0.4 is 10.1 Å². The van der Waals surface area contributed by atoms with Crippen LogP contribution in [0.4, 0.5) is 11.4 Å². The Bertz CT molecular complexity index is 858. The lowest BCUT2D eigenvalue weighted by Crippen LogP contribution is -2.30. The number of esters is 1. The molecule has 0 bridgehead atoms. The van der Waals surface area contributed by atoms with Crippen molar-refractivity contribution in [1.82, 2.24) is 4.98 Å². The molecule has 10 heteroatoms. The van der Waals surface area contributed by atoms with Gasteiger partial charge >= 0.3 is 5.97 Å². The second-order valence-electron chi connectivity index (χ2n) is 5.02. The molecule has 0 spiro atoms. The lowest BCUT2D eigenvalue weighted by Gasteiger charge is -2.15. The molecule has 0 saturated carbocycles. The van der Waals surface area contributed by atoms with Crippen LogP contribution in [0.3, 0.4) is 0 Å². The third kappa shape index (κ3) is 4.45. The van der Waals surface area contributed by atoms with Gasteiger partial charge in [-0.15, -0.1) is 0 Å². The van der Waals surface area contributed by atoms with E-state index in [1.54, 1.807) is 0 Å². The van der Waals surface area contributed by atoms with Crippen LogP contribution in [0.1, 0.15) is 17.3 Å². The van der Waals surface area contributed by atoms with Crippen molar-refractivity contribution in [3.8, 4) is 5.75 Å². The predicted octanol–water partition coefficient (Wildman–Crippen LogP) is 2.84. The number of hydrogen-bond acceptors (Lipinski definition) is 7. The fourth-order valence-corrected chi connectivity index (χ4v) is 2.15. The van der Waals surface area contributed by atoms with E-state index in [2.05, 4.69) is 10.3 Å². The Balaban J connectivity index is 2.12. The SMILES string of the molecule is COc1ccc([N+](=O)[O-])cc1NC(=O)[C@@H](C)OC(=O)c1cccnc1Cl. The number of methoxy groups -OCH3 is 1. The minimum Gasteiger partial charge on any atom is -0.495 e. The topological polar surface area (TPSA) is 121 Å². The fraction of sp³-hybridized carbons (Fsp3) is 0.188. The molecule has 0 saturated heterocycles. The Morgan fingerprint density at radius 2 is 2.08 bits per heavy atom.